The fraction of sp³-hybridized carbons (Fsp3) is 1.00. The van der Waals surface area contributed by atoms with E-state index in [0.717, 1.165) is 19.0 Å². The van der Waals surface area contributed by atoms with Crippen molar-refractivity contribution in [3.8, 4) is 0 Å². The van der Waals surface area contributed by atoms with Crippen molar-refractivity contribution in [3.63, 3.8) is 0 Å². The monoisotopic (exact) mass is 198 g/mol. The van der Waals surface area contributed by atoms with Crippen molar-refractivity contribution < 1.29 is 5.11 Å². The van der Waals surface area contributed by atoms with Crippen LogP contribution in [0.2, 0.25) is 0 Å². The van der Waals surface area contributed by atoms with E-state index in [4.69, 9.17) is 0 Å². The Morgan fingerprint density at radius 1 is 1.29 bits per heavy atom. The third-order valence-electron chi connectivity index (χ3n) is 3.76. The van der Waals surface area contributed by atoms with E-state index < -0.39 is 0 Å². The average molecular weight is 198 g/mol. The molecule has 82 valence electrons. The molecule has 2 aliphatic rings. The molecule has 1 saturated carbocycles. The molecule has 1 saturated heterocycles. The summed E-state index contributed by atoms with van der Waals surface area (Å²) < 4.78 is 0. The standard InChI is InChI=1S/C11H22N2O/c1-12-9-4-5-10(7-9)13-6-2-3-11(14)8-13/h9-12,14H,2-8H2,1H3. The number of rotatable bonds is 2. The molecule has 2 fully saturated rings. The summed E-state index contributed by atoms with van der Waals surface area (Å²) in [7, 11) is 2.05. The summed E-state index contributed by atoms with van der Waals surface area (Å²) in [5.74, 6) is 0. The van der Waals surface area contributed by atoms with E-state index in [2.05, 4.69) is 17.3 Å². The van der Waals surface area contributed by atoms with Crippen LogP contribution >= 0.6 is 0 Å². The minimum atomic E-state index is -0.0719. The van der Waals surface area contributed by atoms with Crippen molar-refractivity contribution >= 4 is 0 Å². The summed E-state index contributed by atoms with van der Waals surface area (Å²) in [6.45, 7) is 2.10. The van der Waals surface area contributed by atoms with Gasteiger partial charge in [0.1, 0.15) is 0 Å². The predicted molar refractivity (Wildman–Crippen MR) is 57.3 cm³/mol. The van der Waals surface area contributed by atoms with Gasteiger partial charge in [0.05, 0.1) is 6.10 Å². The Morgan fingerprint density at radius 2 is 2.14 bits per heavy atom. The molecule has 0 spiro atoms. The van der Waals surface area contributed by atoms with E-state index in [0.29, 0.717) is 6.04 Å². The average Bonchev–Trinajstić information content (AvgIpc) is 2.66. The van der Waals surface area contributed by atoms with Gasteiger partial charge in [-0.3, -0.25) is 4.90 Å². The number of aliphatic hydroxyl groups excluding tert-OH is 1. The molecule has 0 aromatic rings. The first kappa shape index (κ1) is 10.4. The molecule has 0 radical (unpaired) electrons. The largest absolute Gasteiger partial charge is 0.392 e. The molecule has 3 atom stereocenters. The fourth-order valence-corrected chi connectivity index (χ4v) is 2.87. The second-order valence-electron chi connectivity index (χ2n) is 4.74. The topological polar surface area (TPSA) is 35.5 Å². The van der Waals surface area contributed by atoms with Crippen molar-refractivity contribution in [1.82, 2.24) is 10.2 Å². The van der Waals surface area contributed by atoms with Crippen molar-refractivity contribution in [3.05, 3.63) is 0 Å². The van der Waals surface area contributed by atoms with Gasteiger partial charge < -0.3 is 10.4 Å². The van der Waals surface area contributed by atoms with E-state index in [1.807, 2.05) is 0 Å². The van der Waals surface area contributed by atoms with E-state index in [9.17, 15) is 5.11 Å². The first-order valence-corrected chi connectivity index (χ1v) is 5.89. The molecule has 1 aliphatic heterocycles. The smallest absolute Gasteiger partial charge is 0.0667 e. The lowest BCUT2D eigenvalue weighted by Gasteiger charge is -2.34. The van der Waals surface area contributed by atoms with Gasteiger partial charge in [-0.2, -0.15) is 0 Å². The lowest BCUT2D eigenvalue weighted by Crippen LogP contribution is -2.44. The normalized spacial score (nSPS) is 40.3. The molecule has 3 nitrogen and oxygen atoms in total. The van der Waals surface area contributed by atoms with Gasteiger partial charge in [-0.1, -0.05) is 0 Å². The van der Waals surface area contributed by atoms with E-state index in [-0.39, 0.29) is 6.10 Å². The maximum absolute atomic E-state index is 9.61. The molecular formula is C11H22N2O. The third-order valence-corrected chi connectivity index (χ3v) is 3.76. The highest BCUT2D eigenvalue weighted by molar-refractivity contribution is 4.88. The minimum absolute atomic E-state index is 0.0719. The van der Waals surface area contributed by atoms with Crippen LogP contribution in [0.15, 0.2) is 0 Å². The Kier molecular flexibility index (Phi) is 3.42. The maximum atomic E-state index is 9.61. The van der Waals surface area contributed by atoms with Crippen molar-refractivity contribution in [2.24, 2.45) is 0 Å². The Hall–Kier alpha value is -0.120. The first-order chi connectivity index (χ1) is 6.79. The summed E-state index contributed by atoms with van der Waals surface area (Å²) in [5.41, 5.74) is 0. The molecule has 2 rings (SSSR count). The van der Waals surface area contributed by atoms with Crippen molar-refractivity contribution in [2.45, 2.75) is 50.3 Å². The van der Waals surface area contributed by atoms with Crippen molar-refractivity contribution in [1.29, 1.82) is 0 Å². The molecule has 0 bridgehead atoms. The predicted octanol–water partition coefficient (Wildman–Crippen LogP) is 0.584. The fourth-order valence-electron chi connectivity index (χ4n) is 2.87. The van der Waals surface area contributed by atoms with Gasteiger partial charge in [0.15, 0.2) is 0 Å². The number of piperidine rings is 1. The molecule has 3 unspecified atom stereocenters. The second kappa shape index (κ2) is 4.60. The number of aliphatic hydroxyl groups is 1. The molecule has 1 aliphatic carbocycles. The Bertz CT molecular complexity index is 186. The zero-order valence-electron chi connectivity index (χ0n) is 9.08. The summed E-state index contributed by atoms with van der Waals surface area (Å²) >= 11 is 0. The highest BCUT2D eigenvalue weighted by atomic mass is 16.3. The zero-order valence-corrected chi connectivity index (χ0v) is 9.08. The maximum Gasteiger partial charge on any atom is 0.0667 e. The van der Waals surface area contributed by atoms with Crippen LogP contribution in [0, 0.1) is 0 Å². The minimum Gasteiger partial charge on any atom is -0.392 e. The van der Waals surface area contributed by atoms with Crippen molar-refractivity contribution in [2.75, 3.05) is 20.1 Å². The van der Waals surface area contributed by atoms with Crippen LogP contribution in [0.5, 0.6) is 0 Å². The van der Waals surface area contributed by atoms with Crippen LogP contribution in [0.1, 0.15) is 32.1 Å². The molecular weight excluding hydrogens is 176 g/mol. The molecule has 1 heterocycles. The van der Waals surface area contributed by atoms with Crippen LogP contribution in [-0.4, -0.2) is 48.3 Å². The van der Waals surface area contributed by atoms with E-state index in [1.165, 1.54) is 32.2 Å². The van der Waals surface area contributed by atoms with Gasteiger partial charge >= 0.3 is 0 Å². The van der Waals surface area contributed by atoms with Gasteiger partial charge in [-0.05, 0) is 45.7 Å². The Balaban J connectivity index is 1.83. The lowest BCUT2D eigenvalue weighted by molar-refractivity contribution is 0.0474. The zero-order chi connectivity index (χ0) is 9.97. The lowest BCUT2D eigenvalue weighted by atomic mass is 10.1. The van der Waals surface area contributed by atoms with Crippen LogP contribution in [0.25, 0.3) is 0 Å². The summed E-state index contributed by atoms with van der Waals surface area (Å²) in [6, 6.07) is 1.43. The molecule has 2 N–H and O–H groups in total. The highest BCUT2D eigenvalue weighted by Crippen LogP contribution is 2.26. The number of likely N-dealkylation sites (tertiary alicyclic amines) is 1. The number of nitrogens with one attached hydrogen (secondary N) is 1. The molecule has 0 aromatic carbocycles. The summed E-state index contributed by atoms with van der Waals surface area (Å²) in [4.78, 5) is 2.49. The van der Waals surface area contributed by atoms with Crippen LogP contribution < -0.4 is 5.32 Å². The van der Waals surface area contributed by atoms with Gasteiger partial charge in [0, 0.05) is 18.6 Å². The number of hydrogen-bond donors (Lipinski definition) is 2. The summed E-state index contributed by atoms with van der Waals surface area (Å²) in [5, 5.41) is 13.0. The number of β-amino-alcohol motifs (C(OH)–C–C–N with tert-alkyl or cyclic N) is 1. The highest BCUT2D eigenvalue weighted by Gasteiger charge is 2.30. The SMILES string of the molecule is CNC1CCC(N2CCCC(O)C2)C1. The summed E-state index contributed by atoms with van der Waals surface area (Å²) in [6.07, 6.45) is 5.97. The first-order valence-electron chi connectivity index (χ1n) is 5.89. The van der Waals surface area contributed by atoms with Crippen LogP contribution in [0.3, 0.4) is 0 Å². The molecule has 3 heteroatoms. The molecule has 0 amide bonds. The van der Waals surface area contributed by atoms with Gasteiger partial charge in [-0.25, -0.2) is 0 Å². The van der Waals surface area contributed by atoms with Gasteiger partial charge in [0.2, 0.25) is 0 Å². The second-order valence-corrected chi connectivity index (χ2v) is 4.74. The van der Waals surface area contributed by atoms with E-state index >= 15 is 0 Å². The number of nitrogens with zero attached hydrogens (tertiary/aromatic N) is 1. The Labute approximate surface area is 86.5 Å². The van der Waals surface area contributed by atoms with E-state index in [1.54, 1.807) is 0 Å². The molecule has 14 heavy (non-hydrogen) atoms. The number of hydrogen-bond acceptors (Lipinski definition) is 3. The van der Waals surface area contributed by atoms with Gasteiger partial charge in [-0.15, -0.1) is 0 Å². The Morgan fingerprint density at radius 3 is 2.79 bits per heavy atom. The van der Waals surface area contributed by atoms with Gasteiger partial charge in [0.25, 0.3) is 0 Å². The third kappa shape index (κ3) is 2.27. The quantitative estimate of drug-likeness (QED) is 0.681. The molecule has 0 aromatic heterocycles. The van der Waals surface area contributed by atoms with Crippen LogP contribution in [-0.2, 0) is 0 Å². The van der Waals surface area contributed by atoms with Crippen LogP contribution in [0.4, 0.5) is 0 Å².